The van der Waals surface area contributed by atoms with Crippen molar-refractivity contribution in [3.05, 3.63) is 0 Å². The van der Waals surface area contributed by atoms with Crippen LogP contribution in [0.2, 0.25) is 0 Å². The molecule has 8 heavy (non-hydrogen) atoms. The molecule has 0 aromatic rings. The summed E-state index contributed by atoms with van der Waals surface area (Å²) in [7, 11) is 0. The molecule has 0 saturated carbocycles. The van der Waals surface area contributed by atoms with Gasteiger partial charge in [0.25, 0.3) is 5.91 Å². The highest BCUT2D eigenvalue weighted by molar-refractivity contribution is 8.23. The molecule has 1 rings (SSSR count). The second kappa shape index (κ2) is 1.99. The molecule has 44 valence electrons. The molecular weight excluding hydrogens is 149 g/mol. The topological polar surface area (TPSA) is 20.3 Å². The number of halogens is 1. The van der Waals surface area contributed by atoms with Crippen LogP contribution in [0.1, 0.15) is 0 Å². The van der Waals surface area contributed by atoms with Gasteiger partial charge < -0.3 is 0 Å². The Morgan fingerprint density at radius 1 is 1.88 bits per heavy atom. The van der Waals surface area contributed by atoms with Gasteiger partial charge in [0, 0.05) is 0 Å². The van der Waals surface area contributed by atoms with Crippen molar-refractivity contribution in [2.24, 2.45) is 0 Å². The van der Waals surface area contributed by atoms with Gasteiger partial charge in [-0.2, -0.15) is 0 Å². The summed E-state index contributed by atoms with van der Waals surface area (Å²) in [5.74, 6) is -0.407. The summed E-state index contributed by atoms with van der Waals surface area (Å²) in [4.78, 5) is 10.2. The third kappa shape index (κ3) is 0.830. The van der Waals surface area contributed by atoms with E-state index in [1.165, 1.54) is 0 Å². The van der Waals surface area contributed by atoms with Crippen LogP contribution in [0.25, 0.3) is 0 Å². The fraction of sp³-hybridized carbons (Fsp3) is 0.333. The Balaban J connectivity index is 2.70. The standard InChI is InChI=1S/C3H2FNOS2/c4-5-2(6)1-8-3(5)7/h1H2. The lowest BCUT2D eigenvalue weighted by atomic mass is 10.7. The van der Waals surface area contributed by atoms with Crippen LogP contribution in [0.3, 0.4) is 0 Å². The second-order valence-corrected chi connectivity index (χ2v) is 2.84. The van der Waals surface area contributed by atoms with E-state index in [1.54, 1.807) is 0 Å². The third-order valence-electron chi connectivity index (χ3n) is 0.698. The number of rotatable bonds is 0. The summed E-state index contributed by atoms with van der Waals surface area (Å²) in [6.07, 6.45) is 0. The highest BCUT2D eigenvalue weighted by Crippen LogP contribution is 2.18. The first-order chi connectivity index (χ1) is 3.72. The molecule has 0 bridgehead atoms. The number of nitrogens with zero attached hydrogens (tertiary/aromatic N) is 1. The first kappa shape index (κ1) is 5.97. The van der Waals surface area contributed by atoms with E-state index in [2.05, 4.69) is 12.2 Å². The van der Waals surface area contributed by atoms with Crippen LogP contribution >= 0.6 is 24.0 Å². The van der Waals surface area contributed by atoms with Gasteiger partial charge in [-0.3, -0.25) is 4.79 Å². The maximum Gasteiger partial charge on any atom is 0.266 e. The van der Waals surface area contributed by atoms with Crippen molar-refractivity contribution in [1.82, 2.24) is 5.12 Å². The van der Waals surface area contributed by atoms with Crippen LogP contribution in [0.15, 0.2) is 0 Å². The SMILES string of the molecule is O=C1CSC(=S)N1F. The molecular formula is C3H2FNOS2. The van der Waals surface area contributed by atoms with Gasteiger partial charge in [0.1, 0.15) is 0 Å². The summed E-state index contributed by atoms with van der Waals surface area (Å²) >= 11 is 5.46. The Morgan fingerprint density at radius 3 is 2.62 bits per heavy atom. The summed E-state index contributed by atoms with van der Waals surface area (Å²) < 4.78 is 12.1. The largest absolute Gasteiger partial charge is 0.271 e. The van der Waals surface area contributed by atoms with Gasteiger partial charge >= 0.3 is 0 Å². The Labute approximate surface area is 55.0 Å². The molecule has 0 atom stereocenters. The average molecular weight is 151 g/mol. The summed E-state index contributed by atoms with van der Waals surface area (Å²) in [5, 5.41) is 0. The zero-order valence-electron chi connectivity index (χ0n) is 3.76. The highest BCUT2D eigenvalue weighted by atomic mass is 32.2. The lowest BCUT2D eigenvalue weighted by Gasteiger charge is -1.95. The van der Waals surface area contributed by atoms with Gasteiger partial charge in [0.05, 0.1) is 5.75 Å². The van der Waals surface area contributed by atoms with Gasteiger partial charge in [0.15, 0.2) is 4.32 Å². The minimum Gasteiger partial charge on any atom is -0.271 e. The van der Waals surface area contributed by atoms with Crippen molar-refractivity contribution in [3.63, 3.8) is 0 Å². The van der Waals surface area contributed by atoms with E-state index in [1.807, 2.05) is 0 Å². The van der Waals surface area contributed by atoms with Crippen LogP contribution in [0, 0.1) is 0 Å². The lowest BCUT2D eigenvalue weighted by molar-refractivity contribution is -0.133. The zero-order valence-corrected chi connectivity index (χ0v) is 5.39. The maximum absolute atomic E-state index is 12.0. The van der Waals surface area contributed by atoms with E-state index < -0.39 is 5.91 Å². The third-order valence-corrected chi connectivity index (χ3v) is 2.01. The highest BCUT2D eigenvalue weighted by Gasteiger charge is 2.26. The molecule has 1 heterocycles. The Bertz CT molecular complexity index is 132. The summed E-state index contributed by atoms with van der Waals surface area (Å²) in [6, 6.07) is 0. The molecule has 1 aliphatic rings. The van der Waals surface area contributed by atoms with Crippen molar-refractivity contribution in [2.45, 2.75) is 0 Å². The molecule has 0 aromatic heterocycles. The molecule has 1 amide bonds. The molecule has 1 fully saturated rings. The van der Waals surface area contributed by atoms with Crippen molar-refractivity contribution in [2.75, 3.05) is 5.75 Å². The average Bonchev–Trinajstić information content (AvgIpc) is 1.98. The predicted octanol–water partition coefficient (Wildman–Crippen LogP) is 0.731. The Kier molecular flexibility index (Phi) is 1.48. The zero-order chi connectivity index (χ0) is 6.15. The first-order valence-electron chi connectivity index (χ1n) is 1.87. The minimum absolute atomic E-state index is 0. The quantitative estimate of drug-likeness (QED) is 0.376. The number of amides is 1. The van der Waals surface area contributed by atoms with Crippen molar-refractivity contribution in [3.8, 4) is 0 Å². The molecule has 2 nitrogen and oxygen atoms in total. The molecule has 5 heteroatoms. The van der Waals surface area contributed by atoms with Crippen LogP contribution in [-0.2, 0) is 4.79 Å². The van der Waals surface area contributed by atoms with Crippen molar-refractivity contribution >= 4 is 34.2 Å². The number of thiocarbonyl (C=S) groups is 1. The van der Waals surface area contributed by atoms with Crippen molar-refractivity contribution < 1.29 is 9.28 Å². The number of thioether (sulfide) groups is 1. The van der Waals surface area contributed by atoms with E-state index in [4.69, 9.17) is 0 Å². The number of hydrogen-bond acceptors (Lipinski definition) is 3. The molecule has 0 N–H and O–H groups in total. The second-order valence-electron chi connectivity index (χ2n) is 1.23. The molecule has 1 aliphatic heterocycles. The maximum atomic E-state index is 12.0. The van der Waals surface area contributed by atoms with Gasteiger partial charge in [0.2, 0.25) is 0 Å². The van der Waals surface area contributed by atoms with E-state index >= 15 is 0 Å². The van der Waals surface area contributed by atoms with Crippen LogP contribution < -0.4 is 0 Å². The number of hydrogen-bond donors (Lipinski definition) is 0. The molecule has 0 spiro atoms. The summed E-state index contributed by atoms with van der Waals surface area (Å²) in [5.41, 5.74) is 0. The van der Waals surface area contributed by atoms with Crippen LogP contribution in [0.4, 0.5) is 4.48 Å². The Morgan fingerprint density at radius 2 is 2.50 bits per heavy atom. The Hall–Kier alpha value is -0.160. The lowest BCUT2D eigenvalue weighted by Crippen LogP contribution is -2.17. The van der Waals surface area contributed by atoms with E-state index in [9.17, 15) is 9.28 Å². The van der Waals surface area contributed by atoms with Crippen molar-refractivity contribution in [1.29, 1.82) is 0 Å². The van der Waals surface area contributed by atoms with E-state index in [0.717, 1.165) is 11.8 Å². The number of carbonyl (C=O) groups is 1. The first-order valence-corrected chi connectivity index (χ1v) is 3.26. The summed E-state index contributed by atoms with van der Waals surface area (Å²) in [6.45, 7) is 0. The van der Waals surface area contributed by atoms with Crippen LogP contribution in [-0.4, -0.2) is 21.1 Å². The van der Waals surface area contributed by atoms with Crippen LogP contribution in [0.5, 0.6) is 0 Å². The van der Waals surface area contributed by atoms with Gasteiger partial charge in [-0.25, -0.2) is 0 Å². The molecule has 1 saturated heterocycles. The molecule has 0 unspecified atom stereocenters. The smallest absolute Gasteiger partial charge is 0.266 e. The van der Waals surface area contributed by atoms with E-state index in [0.29, 0.717) is 0 Å². The van der Waals surface area contributed by atoms with Gasteiger partial charge in [-0.15, -0.1) is 5.12 Å². The normalized spacial score (nSPS) is 20.4. The molecule has 0 aliphatic carbocycles. The van der Waals surface area contributed by atoms with E-state index in [-0.39, 0.29) is 15.2 Å². The fourth-order valence-corrected chi connectivity index (χ4v) is 1.19. The fourth-order valence-electron chi connectivity index (χ4n) is 0.339. The monoisotopic (exact) mass is 151 g/mol. The predicted molar refractivity (Wildman–Crippen MR) is 33.0 cm³/mol. The van der Waals surface area contributed by atoms with Gasteiger partial charge in [-0.05, 0) is 12.2 Å². The molecule has 0 aromatic carbocycles. The molecule has 0 radical (unpaired) electrons. The number of carbonyl (C=O) groups excluding carboxylic acids is 1. The van der Waals surface area contributed by atoms with Gasteiger partial charge in [-0.1, -0.05) is 16.2 Å². The minimum atomic E-state index is -0.556.